The van der Waals surface area contributed by atoms with Crippen LogP contribution < -0.4 is 16.0 Å². The number of carboxylic acids is 1. The van der Waals surface area contributed by atoms with Crippen molar-refractivity contribution in [1.29, 1.82) is 5.26 Å². The average molecular weight is 571 g/mol. The van der Waals surface area contributed by atoms with Crippen LogP contribution in [0, 0.1) is 16.7 Å². The first-order valence-electron chi connectivity index (χ1n) is 14.0. The summed E-state index contributed by atoms with van der Waals surface area (Å²) in [6.07, 6.45) is 6.24. The van der Waals surface area contributed by atoms with Crippen molar-refractivity contribution < 1.29 is 19.4 Å². The fourth-order valence-corrected chi connectivity index (χ4v) is 5.37. The van der Waals surface area contributed by atoms with E-state index in [-0.39, 0.29) is 6.04 Å². The van der Waals surface area contributed by atoms with E-state index in [1.165, 1.54) is 0 Å². The number of pyridine rings is 2. The second kappa shape index (κ2) is 14.1. The van der Waals surface area contributed by atoms with Gasteiger partial charge in [0.05, 0.1) is 28.8 Å². The van der Waals surface area contributed by atoms with Gasteiger partial charge in [-0.3, -0.25) is 0 Å². The van der Waals surface area contributed by atoms with Crippen molar-refractivity contribution in [2.45, 2.75) is 76.6 Å². The molecule has 2 atom stereocenters. The molecule has 0 spiro atoms. The van der Waals surface area contributed by atoms with Crippen molar-refractivity contribution in [2.75, 3.05) is 37.0 Å². The molecule has 40 heavy (non-hydrogen) atoms. The Kier molecular flexibility index (Phi) is 10.6. The summed E-state index contributed by atoms with van der Waals surface area (Å²) in [6, 6.07) is 10.9. The van der Waals surface area contributed by atoms with Gasteiger partial charge in [0.15, 0.2) is 6.10 Å². The number of hydrogen-bond acceptors (Lipinski definition) is 9. The Hall–Kier alpha value is -2.97. The zero-order chi connectivity index (χ0) is 28.5. The smallest absolute Gasteiger partial charge is 0.332 e. The maximum atomic E-state index is 10.9. The van der Waals surface area contributed by atoms with E-state index in [2.05, 4.69) is 27.0 Å². The summed E-state index contributed by atoms with van der Waals surface area (Å²) in [5.41, 5.74) is 1.09. The van der Waals surface area contributed by atoms with Crippen LogP contribution in [0.3, 0.4) is 0 Å². The third-order valence-electron chi connectivity index (χ3n) is 7.72. The zero-order valence-corrected chi connectivity index (χ0v) is 23.9. The summed E-state index contributed by atoms with van der Waals surface area (Å²) in [4.78, 5) is 20.2. The number of carbonyl (C=O) groups is 1. The first-order chi connectivity index (χ1) is 19.3. The molecule has 4 rings (SSSR count). The van der Waals surface area contributed by atoms with Crippen LogP contribution in [0.25, 0.3) is 11.3 Å². The van der Waals surface area contributed by atoms with Crippen LogP contribution >= 0.6 is 11.6 Å². The van der Waals surface area contributed by atoms with E-state index in [4.69, 9.17) is 31.2 Å². The van der Waals surface area contributed by atoms with E-state index in [0.29, 0.717) is 62.1 Å². The second-order valence-corrected chi connectivity index (χ2v) is 11.3. The lowest BCUT2D eigenvalue weighted by atomic mass is 9.82. The van der Waals surface area contributed by atoms with Crippen molar-refractivity contribution >= 4 is 29.2 Å². The van der Waals surface area contributed by atoms with Gasteiger partial charge in [0, 0.05) is 49.6 Å². The second-order valence-electron chi connectivity index (χ2n) is 10.9. The molecule has 0 aromatic carbocycles. The molecule has 2 aliphatic rings. The number of aromatic nitrogens is 2. The van der Waals surface area contributed by atoms with E-state index >= 15 is 0 Å². The number of halogens is 1. The van der Waals surface area contributed by atoms with Crippen LogP contribution in [0.2, 0.25) is 5.02 Å². The maximum absolute atomic E-state index is 10.9. The van der Waals surface area contributed by atoms with Crippen molar-refractivity contribution in [3.8, 4) is 17.3 Å². The predicted molar refractivity (Wildman–Crippen MR) is 154 cm³/mol. The van der Waals surface area contributed by atoms with Gasteiger partial charge in [0.2, 0.25) is 0 Å². The summed E-state index contributed by atoms with van der Waals surface area (Å²) < 4.78 is 10.8. The molecule has 3 heterocycles. The monoisotopic (exact) mass is 570 g/mol. The Morgan fingerprint density at radius 3 is 2.65 bits per heavy atom. The topological polar surface area (TPSA) is 141 Å². The molecule has 0 radical (unpaired) electrons. The molecule has 1 saturated heterocycles. The van der Waals surface area contributed by atoms with E-state index < -0.39 is 17.5 Å². The lowest BCUT2D eigenvalue weighted by Crippen LogP contribution is -2.43. The standard InChI is InChI=1S/C29H39ClN6O4/c1-19(16-40-20(2)28(37)38)34-21-6-8-22(9-7-21)35-27-14-23(24(30)15-32-27)25-4-3-5-26(36-25)33-18-29(17-31)10-12-39-13-11-29/h3-5,14-15,19-22,34H,6-13,16,18H2,1-2H3,(H,32,35)(H,33,36)(H,37,38)/t19-,20+,21?,22?/m0/s1. The van der Waals surface area contributed by atoms with Gasteiger partial charge in [-0.2, -0.15) is 5.26 Å². The molecule has 2 fully saturated rings. The summed E-state index contributed by atoms with van der Waals surface area (Å²) in [6.45, 7) is 5.65. The number of aliphatic carboxylic acids is 1. The largest absolute Gasteiger partial charge is 0.479 e. The average Bonchev–Trinajstić information content (AvgIpc) is 2.97. The normalized spacial score (nSPS) is 22.1. The molecular formula is C29H39ClN6O4. The SMILES string of the molecule is C[C@@H](CO[C@H](C)C(=O)O)NC1CCC(Nc2cc(-c3cccc(NCC4(C#N)CCOCC4)n3)c(Cl)cn2)CC1. The molecule has 4 N–H and O–H groups in total. The zero-order valence-electron chi connectivity index (χ0n) is 23.2. The first-order valence-corrected chi connectivity index (χ1v) is 14.4. The lowest BCUT2D eigenvalue weighted by Gasteiger charge is -2.32. The third kappa shape index (κ3) is 8.27. The van der Waals surface area contributed by atoms with Crippen molar-refractivity contribution in [3.63, 3.8) is 0 Å². The van der Waals surface area contributed by atoms with Gasteiger partial charge in [-0.05, 0) is 70.6 Å². The van der Waals surface area contributed by atoms with Crippen molar-refractivity contribution in [3.05, 3.63) is 35.5 Å². The summed E-state index contributed by atoms with van der Waals surface area (Å²) >= 11 is 6.54. The van der Waals surface area contributed by atoms with Gasteiger partial charge in [-0.25, -0.2) is 14.8 Å². The molecule has 0 unspecified atom stereocenters. The van der Waals surface area contributed by atoms with Crippen LogP contribution in [-0.4, -0.2) is 71.6 Å². The Labute approximate surface area is 240 Å². The molecule has 0 amide bonds. The van der Waals surface area contributed by atoms with Crippen LogP contribution in [0.4, 0.5) is 11.6 Å². The van der Waals surface area contributed by atoms with Crippen LogP contribution in [0.15, 0.2) is 30.5 Å². The number of rotatable bonds is 12. The number of anilines is 2. The summed E-state index contributed by atoms with van der Waals surface area (Å²) in [5, 5.41) is 29.7. The minimum absolute atomic E-state index is 0.0803. The molecular weight excluding hydrogens is 532 g/mol. The number of ether oxygens (including phenoxy) is 2. The number of nitriles is 1. The molecule has 2 aromatic heterocycles. The molecule has 1 aliphatic heterocycles. The van der Waals surface area contributed by atoms with Crippen molar-refractivity contribution in [1.82, 2.24) is 15.3 Å². The van der Waals surface area contributed by atoms with Gasteiger partial charge in [-0.15, -0.1) is 0 Å². The molecule has 1 saturated carbocycles. The minimum Gasteiger partial charge on any atom is -0.479 e. The molecule has 2 aromatic rings. The van der Waals surface area contributed by atoms with E-state index in [0.717, 1.165) is 42.8 Å². The minimum atomic E-state index is -0.947. The molecule has 11 heteroatoms. The number of hydrogen-bond donors (Lipinski definition) is 4. The van der Waals surface area contributed by atoms with E-state index in [1.54, 1.807) is 13.1 Å². The Balaban J connectivity index is 1.31. The predicted octanol–water partition coefficient (Wildman–Crippen LogP) is 4.72. The highest BCUT2D eigenvalue weighted by Gasteiger charge is 2.32. The first kappa shape index (κ1) is 30.0. The maximum Gasteiger partial charge on any atom is 0.332 e. The Bertz CT molecular complexity index is 1180. The highest BCUT2D eigenvalue weighted by molar-refractivity contribution is 6.33. The van der Waals surface area contributed by atoms with Crippen LogP contribution in [-0.2, 0) is 14.3 Å². The van der Waals surface area contributed by atoms with Crippen molar-refractivity contribution in [2.24, 2.45) is 5.41 Å². The lowest BCUT2D eigenvalue weighted by molar-refractivity contribution is -0.149. The summed E-state index contributed by atoms with van der Waals surface area (Å²) in [7, 11) is 0. The summed E-state index contributed by atoms with van der Waals surface area (Å²) in [5.74, 6) is 0.506. The fraction of sp³-hybridized carbons (Fsp3) is 0.586. The van der Waals surface area contributed by atoms with E-state index in [1.807, 2.05) is 31.2 Å². The third-order valence-corrected chi connectivity index (χ3v) is 8.02. The van der Waals surface area contributed by atoms with Crippen LogP contribution in [0.5, 0.6) is 0 Å². The number of carboxylic acid groups (broad SMARTS) is 1. The van der Waals surface area contributed by atoms with E-state index in [9.17, 15) is 10.1 Å². The van der Waals surface area contributed by atoms with Gasteiger partial charge in [-0.1, -0.05) is 17.7 Å². The van der Waals surface area contributed by atoms with Gasteiger partial charge in [0.1, 0.15) is 11.6 Å². The molecule has 0 bridgehead atoms. The molecule has 1 aliphatic carbocycles. The quantitative estimate of drug-likeness (QED) is 0.283. The fourth-order valence-electron chi connectivity index (χ4n) is 5.17. The van der Waals surface area contributed by atoms with Gasteiger partial charge in [0.25, 0.3) is 0 Å². The Morgan fingerprint density at radius 1 is 1.23 bits per heavy atom. The van der Waals surface area contributed by atoms with Gasteiger partial charge < -0.3 is 30.5 Å². The van der Waals surface area contributed by atoms with Crippen LogP contribution in [0.1, 0.15) is 52.4 Å². The highest BCUT2D eigenvalue weighted by Crippen LogP contribution is 2.32. The van der Waals surface area contributed by atoms with Gasteiger partial charge >= 0.3 is 5.97 Å². The molecule has 10 nitrogen and oxygen atoms in total. The number of nitrogens with one attached hydrogen (secondary N) is 3. The molecule has 216 valence electrons. The highest BCUT2D eigenvalue weighted by atomic mass is 35.5. The number of nitrogens with zero attached hydrogens (tertiary/aromatic N) is 3. The Morgan fingerprint density at radius 2 is 1.95 bits per heavy atom.